The summed E-state index contributed by atoms with van der Waals surface area (Å²) in [5.41, 5.74) is 2.13. The molecular weight excluding hydrogens is 291 g/mol. The van der Waals surface area contributed by atoms with E-state index in [1.165, 1.54) is 38.5 Å². The lowest BCUT2D eigenvalue weighted by Gasteiger charge is -2.21. The van der Waals surface area contributed by atoms with Gasteiger partial charge in [-0.3, -0.25) is 0 Å². The molecule has 2 nitrogen and oxygen atoms in total. The van der Waals surface area contributed by atoms with Crippen molar-refractivity contribution in [3.63, 3.8) is 0 Å². The maximum Gasteiger partial charge on any atom is 0.127 e. The smallest absolute Gasteiger partial charge is 0.127 e. The fourth-order valence-electron chi connectivity index (χ4n) is 3.27. The summed E-state index contributed by atoms with van der Waals surface area (Å²) in [5, 5.41) is 0.686. The first-order valence-corrected chi connectivity index (χ1v) is 8.29. The van der Waals surface area contributed by atoms with Gasteiger partial charge in [-0.15, -0.1) is 11.6 Å². The van der Waals surface area contributed by atoms with E-state index in [2.05, 4.69) is 4.57 Å². The van der Waals surface area contributed by atoms with E-state index in [9.17, 15) is 0 Å². The summed E-state index contributed by atoms with van der Waals surface area (Å²) in [4.78, 5) is 4.73. The summed E-state index contributed by atoms with van der Waals surface area (Å²) in [6, 6.07) is 6.43. The van der Waals surface area contributed by atoms with E-state index in [-0.39, 0.29) is 5.38 Å². The average molecular weight is 311 g/mol. The van der Waals surface area contributed by atoms with Crippen LogP contribution in [0.25, 0.3) is 11.0 Å². The van der Waals surface area contributed by atoms with Gasteiger partial charge in [-0.1, -0.05) is 37.3 Å². The number of aromatic nitrogens is 2. The molecule has 2 aromatic rings. The minimum atomic E-state index is -0.0792. The van der Waals surface area contributed by atoms with Gasteiger partial charge in [0, 0.05) is 11.1 Å². The van der Waals surface area contributed by atoms with Gasteiger partial charge in [-0.25, -0.2) is 4.98 Å². The lowest BCUT2D eigenvalue weighted by molar-refractivity contribution is 0.440. The van der Waals surface area contributed by atoms with Crippen molar-refractivity contribution in [2.24, 2.45) is 0 Å². The van der Waals surface area contributed by atoms with Crippen LogP contribution in [0.4, 0.5) is 0 Å². The Kier molecular flexibility index (Phi) is 4.23. The Balaban J connectivity index is 2.14. The second-order valence-electron chi connectivity index (χ2n) is 5.73. The molecule has 0 amide bonds. The van der Waals surface area contributed by atoms with Crippen LogP contribution in [0.15, 0.2) is 18.2 Å². The van der Waals surface area contributed by atoms with Gasteiger partial charge in [-0.05, 0) is 38.0 Å². The number of benzene rings is 1. The lowest BCUT2D eigenvalue weighted by atomic mass is 10.1. The number of nitrogens with zero attached hydrogens (tertiary/aromatic N) is 2. The fraction of sp³-hybridized carbons (Fsp3) is 0.562. The minimum Gasteiger partial charge on any atom is -0.324 e. The summed E-state index contributed by atoms with van der Waals surface area (Å²) in [6.07, 6.45) is 7.70. The topological polar surface area (TPSA) is 17.8 Å². The van der Waals surface area contributed by atoms with Gasteiger partial charge in [0.15, 0.2) is 0 Å². The standard InChI is InChI=1S/C16H20Cl2N2/c1-11(17)16-19-14-9-8-12(18)10-15(14)20(16)13-6-4-2-3-5-7-13/h8-11,13H,2-7H2,1H3. The summed E-state index contributed by atoms with van der Waals surface area (Å²) in [7, 11) is 0. The lowest BCUT2D eigenvalue weighted by Crippen LogP contribution is -2.12. The minimum absolute atomic E-state index is 0.0792. The van der Waals surface area contributed by atoms with Gasteiger partial charge >= 0.3 is 0 Å². The highest BCUT2D eigenvalue weighted by atomic mass is 35.5. The molecule has 1 atom stereocenters. The number of alkyl halides is 1. The molecule has 0 radical (unpaired) electrons. The maximum absolute atomic E-state index is 6.36. The molecule has 0 bridgehead atoms. The summed E-state index contributed by atoms with van der Waals surface area (Å²) in [6.45, 7) is 2.00. The number of hydrogen-bond acceptors (Lipinski definition) is 1. The third-order valence-corrected chi connectivity index (χ3v) is 4.65. The largest absolute Gasteiger partial charge is 0.324 e. The van der Waals surface area contributed by atoms with Crippen molar-refractivity contribution in [1.82, 2.24) is 9.55 Å². The van der Waals surface area contributed by atoms with Crippen LogP contribution < -0.4 is 0 Å². The van der Waals surface area contributed by atoms with E-state index in [4.69, 9.17) is 28.2 Å². The number of halogens is 2. The SMILES string of the molecule is CC(Cl)c1nc2ccc(Cl)cc2n1C1CCCCCC1. The van der Waals surface area contributed by atoms with E-state index < -0.39 is 0 Å². The van der Waals surface area contributed by atoms with Crippen molar-refractivity contribution in [2.75, 3.05) is 0 Å². The fourth-order valence-corrected chi connectivity index (χ4v) is 3.59. The number of fused-ring (bicyclic) bond motifs is 1. The molecule has 1 aromatic carbocycles. The number of imidazole rings is 1. The van der Waals surface area contributed by atoms with Crippen LogP contribution >= 0.6 is 23.2 Å². The second kappa shape index (κ2) is 5.95. The molecule has 1 saturated carbocycles. The zero-order chi connectivity index (χ0) is 14.1. The van der Waals surface area contributed by atoms with Crippen LogP contribution in [0.2, 0.25) is 5.02 Å². The van der Waals surface area contributed by atoms with Crippen molar-refractivity contribution in [2.45, 2.75) is 56.9 Å². The third kappa shape index (κ3) is 2.68. The summed E-state index contributed by atoms with van der Waals surface area (Å²) < 4.78 is 2.35. The molecule has 1 aliphatic rings. The molecule has 1 aromatic heterocycles. The molecule has 0 N–H and O–H groups in total. The highest BCUT2D eigenvalue weighted by molar-refractivity contribution is 6.31. The van der Waals surface area contributed by atoms with E-state index in [0.29, 0.717) is 6.04 Å². The molecule has 1 aliphatic carbocycles. The number of hydrogen-bond donors (Lipinski definition) is 0. The highest BCUT2D eigenvalue weighted by Crippen LogP contribution is 2.35. The summed E-state index contributed by atoms with van der Waals surface area (Å²) >= 11 is 12.5. The van der Waals surface area contributed by atoms with Crippen LogP contribution in [0, 0.1) is 0 Å². The van der Waals surface area contributed by atoms with Gasteiger partial charge in [0.2, 0.25) is 0 Å². The van der Waals surface area contributed by atoms with Gasteiger partial charge in [-0.2, -0.15) is 0 Å². The monoisotopic (exact) mass is 310 g/mol. The van der Waals surface area contributed by atoms with Crippen molar-refractivity contribution >= 4 is 34.2 Å². The van der Waals surface area contributed by atoms with Crippen molar-refractivity contribution in [3.05, 3.63) is 29.0 Å². The molecule has 0 spiro atoms. The maximum atomic E-state index is 6.36. The van der Waals surface area contributed by atoms with E-state index >= 15 is 0 Å². The molecule has 4 heteroatoms. The number of rotatable bonds is 2. The first kappa shape index (κ1) is 14.2. The van der Waals surface area contributed by atoms with Crippen LogP contribution in [0.5, 0.6) is 0 Å². The Bertz CT molecular complexity index is 596. The quantitative estimate of drug-likeness (QED) is 0.500. The Morgan fingerprint density at radius 1 is 1.20 bits per heavy atom. The molecule has 108 valence electrons. The third-order valence-electron chi connectivity index (χ3n) is 4.22. The Morgan fingerprint density at radius 3 is 2.55 bits per heavy atom. The first-order valence-electron chi connectivity index (χ1n) is 7.48. The van der Waals surface area contributed by atoms with Gasteiger partial charge in [0.05, 0.1) is 16.4 Å². The zero-order valence-corrected chi connectivity index (χ0v) is 13.3. The Hall–Kier alpha value is -0.730. The van der Waals surface area contributed by atoms with E-state index in [1.54, 1.807) is 0 Å². The van der Waals surface area contributed by atoms with Crippen LogP contribution in [-0.4, -0.2) is 9.55 Å². The van der Waals surface area contributed by atoms with Gasteiger partial charge in [0.1, 0.15) is 5.82 Å². The molecule has 1 fully saturated rings. The van der Waals surface area contributed by atoms with Crippen molar-refractivity contribution in [3.8, 4) is 0 Å². The zero-order valence-electron chi connectivity index (χ0n) is 11.8. The van der Waals surface area contributed by atoms with Crippen molar-refractivity contribution < 1.29 is 0 Å². The van der Waals surface area contributed by atoms with Crippen LogP contribution in [0.3, 0.4) is 0 Å². The molecule has 3 rings (SSSR count). The van der Waals surface area contributed by atoms with Crippen LogP contribution in [-0.2, 0) is 0 Å². The van der Waals surface area contributed by atoms with Gasteiger partial charge < -0.3 is 4.57 Å². The second-order valence-corrected chi connectivity index (χ2v) is 6.83. The Morgan fingerprint density at radius 2 is 1.90 bits per heavy atom. The van der Waals surface area contributed by atoms with E-state index in [0.717, 1.165) is 21.9 Å². The molecule has 1 unspecified atom stereocenters. The van der Waals surface area contributed by atoms with Crippen LogP contribution in [0.1, 0.15) is 62.7 Å². The Labute approximate surface area is 130 Å². The average Bonchev–Trinajstić information content (AvgIpc) is 2.60. The summed E-state index contributed by atoms with van der Waals surface area (Å²) in [5.74, 6) is 0.982. The predicted molar refractivity (Wildman–Crippen MR) is 85.8 cm³/mol. The molecule has 0 saturated heterocycles. The van der Waals surface area contributed by atoms with Crippen molar-refractivity contribution in [1.29, 1.82) is 0 Å². The predicted octanol–water partition coefficient (Wildman–Crippen LogP) is 5.88. The van der Waals surface area contributed by atoms with Gasteiger partial charge in [0.25, 0.3) is 0 Å². The molecule has 1 heterocycles. The molecule has 0 aliphatic heterocycles. The first-order chi connectivity index (χ1) is 9.66. The van der Waals surface area contributed by atoms with E-state index in [1.807, 2.05) is 25.1 Å². The normalized spacial score (nSPS) is 19.1. The molecular formula is C16H20Cl2N2. The molecule has 20 heavy (non-hydrogen) atoms. The highest BCUT2D eigenvalue weighted by Gasteiger charge is 2.22.